The Labute approximate surface area is 56.8 Å². The second kappa shape index (κ2) is 2.67. The van der Waals surface area contributed by atoms with E-state index in [4.69, 9.17) is 0 Å². The molecule has 3 rings (SSSR count). The SMILES string of the molecule is C1CN2CCC1CC2.[N]. The largest absolute Gasteiger partial charge is 0.303 e. The van der Waals surface area contributed by atoms with Gasteiger partial charge in [0.05, 0.1) is 0 Å². The van der Waals surface area contributed by atoms with Gasteiger partial charge in [-0.05, 0) is 44.8 Å². The molecule has 0 amide bonds. The average molecular weight is 125 g/mol. The number of piperidine rings is 3. The van der Waals surface area contributed by atoms with E-state index in [0.717, 1.165) is 5.92 Å². The average Bonchev–Trinajstić information content (AvgIpc) is 1.92. The van der Waals surface area contributed by atoms with Gasteiger partial charge in [-0.1, -0.05) is 0 Å². The predicted molar refractivity (Wildman–Crippen MR) is 35.9 cm³/mol. The summed E-state index contributed by atoms with van der Waals surface area (Å²) in [7, 11) is 0. The van der Waals surface area contributed by atoms with Crippen molar-refractivity contribution in [2.45, 2.75) is 19.3 Å². The lowest BCUT2D eigenvalue weighted by Crippen LogP contribution is -2.41. The van der Waals surface area contributed by atoms with Gasteiger partial charge in [0.25, 0.3) is 0 Å². The molecule has 0 N–H and O–H groups in total. The number of hydrogen-bond acceptors (Lipinski definition) is 1. The van der Waals surface area contributed by atoms with Gasteiger partial charge in [0.15, 0.2) is 0 Å². The van der Waals surface area contributed by atoms with Crippen LogP contribution < -0.4 is 6.15 Å². The highest BCUT2D eigenvalue weighted by Gasteiger charge is 2.24. The molecule has 0 saturated carbocycles. The van der Waals surface area contributed by atoms with Crippen molar-refractivity contribution in [1.82, 2.24) is 11.1 Å². The molecule has 0 aromatic heterocycles. The van der Waals surface area contributed by atoms with E-state index in [0.29, 0.717) is 0 Å². The van der Waals surface area contributed by atoms with Gasteiger partial charge in [0.1, 0.15) is 0 Å². The van der Waals surface area contributed by atoms with E-state index in [1.807, 2.05) is 0 Å². The van der Waals surface area contributed by atoms with Gasteiger partial charge >= 0.3 is 0 Å². The van der Waals surface area contributed by atoms with Gasteiger partial charge < -0.3 is 4.90 Å². The van der Waals surface area contributed by atoms with Crippen LogP contribution in [0.25, 0.3) is 0 Å². The fourth-order valence-corrected chi connectivity index (χ4v) is 1.86. The Morgan fingerprint density at radius 1 is 0.889 bits per heavy atom. The topological polar surface area (TPSA) is 33.7 Å². The first kappa shape index (κ1) is 7.03. The van der Waals surface area contributed by atoms with E-state index < -0.39 is 0 Å². The molecule has 3 aliphatic rings. The van der Waals surface area contributed by atoms with Crippen LogP contribution >= 0.6 is 0 Å². The molecule has 2 bridgehead atoms. The molecule has 3 heterocycles. The molecular weight excluding hydrogens is 112 g/mol. The van der Waals surface area contributed by atoms with Crippen LogP contribution in [-0.2, 0) is 0 Å². The van der Waals surface area contributed by atoms with Crippen molar-refractivity contribution >= 4 is 0 Å². The van der Waals surface area contributed by atoms with Crippen LogP contribution in [-0.4, -0.2) is 24.5 Å². The molecule has 3 saturated heterocycles. The third-order valence-electron chi connectivity index (χ3n) is 2.56. The van der Waals surface area contributed by atoms with Crippen molar-refractivity contribution in [3.63, 3.8) is 0 Å². The molecule has 0 atom stereocenters. The maximum Gasteiger partial charge on any atom is 0 e. The Bertz CT molecular complexity index is 61.9. The number of fused-ring (bicyclic) bond motifs is 3. The molecule has 0 aromatic carbocycles. The van der Waals surface area contributed by atoms with E-state index >= 15 is 0 Å². The summed E-state index contributed by atoms with van der Waals surface area (Å²) in [4.78, 5) is 2.58. The molecule has 0 aliphatic carbocycles. The highest BCUT2D eigenvalue weighted by atomic mass is 15.1. The van der Waals surface area contributed by atoms with Crippen molar-refractivity contribution in [1.29, 1.82) is 0 Å². The smallest absolute Gasteiger partial charge is 0 e. The lowest BCUT2D eigenvalue weighted by molar-refractivity contribution is 0.111. The molecule has 2 nitrogen and oxygen atoms in total. The Morgan fingerprint density at radius 2 is 1.33 bits per heavy atom. The Kier molecular flexibility index (Phi) is 2.09. The fourth-order valence-electron chi connectivity index (χ4n) is 1.86. The highest BCUT2D eigenvalue weighted by Crippen LogP contribution is 2.26. The van der Waals surface area contributed by atoms with E-state index in [1.54, 1.807) is 0 Å². The van der Waals surface area contributed by atoms with Gasteiger partial charge in [-0.15, -0.1) is 0 Å². The summed E-state index contributed by atoms with van der Waals surface area (Å²) >= 11 is 0. The summed E-state index contributed by atoms with van der Waals surface area (Å²) in [5.74, 6) is 1.11. The third kappa shape index (κ3) is 1.25. The van der Waals surface area contributed by atoms with Crippen molar-refractivity contribution in [3.8, 4) is 0 Å². The molecule has 9 heavy (non-hydrogen) atoms. The molecule has 3 radical (unpaired) electrons. The van der Waals surface area contributed by atoms with Crippen molar-refractivity contribution < 1.29 is 0 Å². The quantitative estimate of drug-likeness (QED) is 0.467. The van der Waals surface area contributed by atoms with Crippen LogP contribution in [0.5, 0.6) is 0 Å². The summed E-state index contributed by atoms with van der Waals surface area (Å²) in [6.07, 6.45) is 4.46. The van der Waals surface area contributed by atoms with Gasteiger partial charge in [-0.3, -0.25) is 0 Å². The zero-order chi connectivity index (χ0) is 5.40. The first-order chi connectivity index (χ1) is 3.95. The monoisotopic (exact) mass is 125 g/mol. The summed E-state index contributed by atoms with van der Waals surface area (Å²) in [5.41, 5.74) is 0. The Hall–Kier alpha value is -0.0800. The van der Waals surface area contributed by atoms with Gasteiger partial charge in [-0.25, -0.2) is 0 Å². The maximum atomic E-state index is 2.58. The maximum absolute atomic E-state index is 2.58. The van der Waals surface area contributed by atoms with E-state index in [-0.39, 0.29) is 6.15 Å². The van der Waals surface area contributed by atoms with E-state index in [2.05, 4.69) is 4.90 Å². The number of nitrogens with zero attached hydrogens (tertiary/aromatic N) is 2. The zero-order valence-electron chi connectivity index (χ0n) is 5.71. The fraction of sp³-hybridized carbons (Fsp3) is 1.00. The minimum atomic E-state index is 0. The van der Waals surface area contributed by atoms with Gasteiger partial charge in [0.2, 0.25) is 0 Å². The van der Waals surface area contributed by atoms with Crippen molar-refractivity contribution in [2.75, 3.05) is 19.6 Å². The summed E-state index contributed by atoms with van der Waals surface area (Å²) in [6, 6.07) is 0. The van der Waals surface area contributed by atoms with Gasteiger partial charge in [0, 0.05) is 6.15 Å². The highest BCUT2D eigenvalue weighted by molar-refractivity contribution is 4.78. The van der Waals surface area contributed by atoms with E-state index in [9.17, 15) is 0 Å². The molecule has 3 fully saturated rings. The zero-order valence-corrected chi connectivity index (χ0v) is 5.71. The van der Waals surface area contributed by atoms with Crippen molar-refractivity contribution in [3.05, 3.63) is 0 Å². The molecule has 0 unspecified atom stereocenters. The normalized spacial score (nSPS) is 40.0. The van der Waals surface area contributed by atoms with Crippen molar-refractivity contribution in [2.24, 2.45) is 5.92 Å². The molecule has 0 aromatic rings. The first-order valence-electron chi connectivity index (χ1n) is 3.67. The summed E-state index contributed by atoms with van der Waals surface area (Å²) < 4.78 is 0. The van der Waals surface area contributed by atoms with Crippen LogP contribution in [0.3, 0.4) is 0 Å². The second-order valence-electron chi connectivity index (χ2n) is 3.07. The van der Waals surface area contributed by atoms with Gasteiger partial charge in [-0.2, -0.15) is 0 Å². The predicted octanol–water partition coefficient (Wildman–Crippen LogP) is 0.621. The van der Waals surface area contributed by atoms with E-state index in [1.165, 1.54) is 38.9 Å². The molecular formula is C7H13N2. The summed E-state index contributed by atoms with van der Waals surface area (Å²) in [5, 5.41) is 0. The lowest BCUT2D eigenvalue weighted by Gasteiger charge is -2.38. The lowest BCUT2D eigenvalue weighted by atomic mass is 9.89. The Balaban J connectivity index is 0.000000405. The molecule has 3 aliphatic heterocycles. The number of hydrogen-bond donors (Lipinski definition) is 0. The minimum absolute atomic E-state index is 0. The molecule has 51 valence electrons. The van der Waals surface area contributed by atoms with Crippen LogP contribution in [0.2, 0.25) is 0 Å². The molecule has 2 heteroatoms. The van der Waals surface area contributed by atoms with Crippen LogP contribution in [0, 0.1) is 5.92 Å². The third-order valence-corrected chi connectivity index (χ3v) is 2.56. The Morgan fingerprint density at radius 3 is 1.44 bits per heavy atom. The second-order valence-corrected chi connectivity index (χ2v) is 3.07. The van der Waals surface area contributed by atoms with Crippen LogP contribution in [0.1, 0.15) is 19.3 Å². The molecule has 0 spiro atoms. The minimum Gasteiger partial charge on any atom is -0.303 e. The van der Waals surface area contributed by atoms with Crippen LogP contribution in [0.15, 0.2) is 0 Å². The number of rotatable bonds is 0. The summed E-state index contributed by atoms with van der Waals surface area (Å²) in [6.45, 7) is 4.18. The van der Waals surface area contributed by atoms with Crippen LogP contribution in [0.4, 0.5) is 0 Å². The standard InChI is InChI=1S/C7H13N.N/c1-4-8-5-2-7(1)3-6-8;/h7H,1-6H2;. The first-order valence-corrected chi connectivity index (χ1v) is 3.67.